The molecule has 2 N–H and O–H groups in total. The smallest absolute Gasteiger partial charge is 0.279 e. The van der Waals surface area contributed by atoms with Crippen molar-refractivity contribution in [1.82, 2.24) is 10.9 Å². The molecule has 25 heavy (non-hydrogen) atoms. The monoisotopic (exact) mass is 364 g/mol. The lowest BCUT2D eigenvalue weighted by atomic mass is 10.1. The van der Waals surface area contributed by atoms with E-state index in [0.29, 0.717) is 11.4 Å². The van der Waals surface area contributed by atoms with Crippen molar-refractivity contribution in [1.29, 1.82) is 0 Å². The fourth-order valence-electron chi connectivity index (χ4n) is 2.03. The number of aryl methyl sites for hydroxylation is 1. The van der Waals surface area contributed by atoms with Crippen molar-refractivity contribution < 1.29 is 18.7 Å². The Balaban J connectivity index is 1.75. The van der Waals surface area contributed by atoms with Crippen LogP contribution < -0.4 is 15.6 Å². The minimum absolute atomic E-state index is 0.0302. The van der Waals surface area contributed by atoms with Gasteiger partial charge in [-0.2, -0.15) is 0 Å². The lowest BCUT2D eigenvalue weighted by molar-refractivity contribution is -0.132. The maximum Gasteiger partial charge on any atom is 0.279 e. The molecule has 1 unspecified atom stereocenters. The van der Waals surface area contributed by atoms with Gasteiger partial charge in [-0.05, 0) is 43.2 Å². The molecule has 0 fully saturated rings. The van der Waals surface area contributed by atoms with Crippen molar-refractivity contribution in [3.63, 3.8) is 0 Å². The number of hydrogen-bond donors (Lipinski definition) is 2. The minimum Gasteiger partial charge on any atom is -0.478 e. The summed E-state index contributed by atoms with van der Waals surface area (Å²) in [5.41, 5.74) is 5.48. The second kappa shape index (κ2) is 9.03. The zero-order valence-electron chi connectivity index (χ0n) is 13.6. The van der Waals surface area contributed by atoms with E-state index < -0.39 is 17.8 Å². The van der Waals surface area contributed by atoms with Crippen molar-refractivity contribution in [2.45, 2.75) is 25.9 Å². The number of benzene rings is 2. The van der Waals surface area contributed by atoms with Gasteiger partial charge < -0.3 is 4.74 Å². The summed E-state index contributed by atoms with van der Waals surface area (Å²) >= 11 is 5.88. The molecule has 132 valence electrons. The fraction of sp³-hybridized carbons (Fsp3) is 0.222. The molecule has 0 radical (unpaired) electrons. The van der Waals surface area contributed by atoms with Crippen molar-refractivity contribution in [3.05, 3.63) is 64.9 Å². The molecule has 2 amide bonds. The second-order valence-electron chi connectivity index (χ2n) is 5.36. The first-order valence-electron chi connectivity index (χ1n) is 7.70. The van der Waals surface area contributed by atoms with Crippen LogP contribution in [0.3, 0.4) is 0 Å². The number of carbonyl (C=O) groups is 2. The Hall–Kier alpha value is -2.60. The molecule has 2 aromatic rings. The molecule has 0 aliphatic rings. The van der Waals surface area contributed by atoms with Gasteiger partial charge in [0, 0.05) is 11.4 Å². The molecule has 0 aliphatic carbocycles. The van der Waals surface area contributed by atoms with Crippen LogP contribution in [0, 0.1) is 5.82 Å². The molecule has 0 aliphatic heterocycles. The maximum absolute atomic E-state index is 13.5. The highest BCUT2D eigenvalue weighted by Gasteiger charge is 2.17. The molecule has 5 nitrogen and oxygen atoms in total. The van der Waals surface area contributed by atoms with E-state index in [0.717, 1.165) is 5.56 Å². The first-order valence-corrected chi connectivity index (χ1v) is 8.08. The number of ether oxygens (including phenoxy) is 1. The van der Waals surface area contributed by atoms with Crippen molar-refractivity contribution in [3.8, 4) is 5.75 Å². The Labute approximate surface area is 150 Å². The average molecular weight is 365 g/mol. The molecular formula is C18H18ClFN2O3. The molecule has 0 saturated carbocycles. The van der Waals surface area contributed by atoms with Crippen molar-refractivity contribution >= 4 is 23.4 Å². The van der Waals surface area contributed by atoms with Crippen LogP contribution in [0.15, 0.2) is 48.5 Å². The summed E-state index contributed by atoms with van der Waals surface area (Å²) in [6, 6.07) is 13.0. The third-order valence-corrected chi connectivity index (χ3v) is 3.60. The largest absolute Gasteiger partial charge is 0.478 e. The van der Waals surface area contributed by atoms with Gasteiger partial charge in [0.25, 0.3) is 5.91 Å². The van der Waals surface area contributed by atoms with E-state index in [-0.39, 0.29) is 18.1 Å². The van der Waals surface area contributed by atoms with Gasteiger partial charge in [0.2, 0.25) is 5.91 Å². The van der Waals surface area contributed by atoms with Crippen molar-refractivity contribution in [2.24, 2.45) is 0 Å². The SMILES string of the molecule is CC(Oc1ccccc1F)C(=O)NNC(=O)CCc1cccc(Cl)c1. The lowest BCUT2D eigenvalue weighted by Crippen LogP contribution is -2.47. The molecule has 7 heteroatoms. The van der Waals surface area contributed by atoms with Crippen LogP contribution in [0.1, 0.15) is 18.9 Å². The Bertz CT molecular complexity index is 755. The lowest BCUT2D eigenvalue weighted by Gasteiger charge is -2.15. The van der Waals surface area contributed by atoms with E-state index in [4.69, 9.17) is 16.3 Å². The highest BCUT2D eigenvalue weighted by Crippen LogP contribution is 2.17. The number of rotatable bonds is 6. The normalized spacial score (nSPS) is 11.5. The van der Waals surface area contributed by atoms with E-state index in [1.807, 2.05) is 6.07 Å². The molecule has 0 heterocycles. The molecule has 2 rings (SSSR count). The quantitative estimate of drug-likeness (QED) is 0.774. The third-order valence-electron chi connectivity index (χ3n) is 3.36. The Morgan fingerprint density at radius 3 is 2.64 bits per heavy atom. The Morgan fingerprint density at radius 1 is 1.16 bits per heavy atom. The molecule has 1 atom stereocenters. The summed E-state index contributed by atoms with van der Waals surface area (Å²) in [6.07, 6.45) is -0.294. The summed E-state index contributed by atoms with van der Waals surface area (Å²) in [5, 5.41) is 0.602. The van der Waals surface area contributed by atoms with Crippen LogP contribution in [-0.2, 0) is 16.0 Å². The van der Waals surface area contributed by atoms with Gasteiger partial charge in [0.15, 0.2) is 17.7 Å². The van der Waals surface area contributed by atoms with E-state index >= 15 is 0 Å². The summed E-state index contributed by atoms with van der Waals surface area (Å²) in [6.45, 7) is 1.46. The number of halogens is 2. The van der Waals surface area contributed by atoms with Crippen LogP contribution in [0.4, 0.5) is 4.39 Å². The van der Waals surface area contributed by atoms with Gasteiger partial charge in [0.1, 0.15) is 0 Å². The number of nitrogens with one attached hydrogen (secondary N) is 2. The summed E-state index contributed by atoms with van der Waals surface area (Å²) in [7, 11) is 0. The highest BCUT2D eigenvalue weighted by atomic mass is 35.5. The summed E-state index contributed by atoms with van der Waals surface area (Å²) in [5.74, 6) is -1.53. The molecule has 0 spiro atoms. The number of amides is 2. The first kappa shape index (κ1) is 18.7. The molecule has 2 aromatic carbocycles. The van der Waals surface area contributed by atoms with E-state index in [9.17, 15) is 14.0 Å². The zero-order valence-corrected chi connectivity index (χ0v) is 14.3. The predicted molar refractivity (Wildman–Crippen MR) is 92.5 cm³/mol. The number of para-hydroxylation sites is 1. The van der Waals surface area contributed by atoms with Crippen LogP contribution in [0.5, 0.6) is 5.75 Å². The number of carbonyl (C=O) groups excluding carboxylic acids is 2. The maximum atomic E-state index is 13.5. The Morgan fingerprint density at radius 2 is 1.92 bits per heavy atom. The van der Waals surface area contributed by atoms with Crippen molar-refractivity contribution in [2.75, 3.05) is 0 Å². The number of hydrogen-bond acceptors (Lipinski definition) is 3. The molecular weight excluding hydrogens is 347 g/mol. The van der Waals surface area contributed by atoms with Crippen LogP contribution in [0.2, 0.25) is 5.02 Å². The van der Waals surface area contributed by atoms with Crippen LogP contribution in [0.25, 0.3) is 0 Å². The average Bonchev–Trinajstić information content (AvgIpc) is 2.59. The van der Waals surface area contributed by atoms with Gasteiger partial charge in [-0.15, -0.1) is 0 Å². The standard InChI is InChI=1S/C18H18ClFN2O3/c1-12(25-16-8-3-2-7-15(16)20)18(24)22-21-17(23)10-9-13-5-4-6-14(19)11-13/h2-8,11-12H,9-10H2,1H3,(H,21,23)(H,22,24). The van der Waals surface area contributed by atoms with E-state index in [2.05, 4.69) is 10.9 Å². The third kappa shape index (κ3) is 6.08. The van der Waals surface area contributed by atoms with Gasteiger partial charge in [-0.3, -0.25) is 20.4 Å². The Kier molecular flexibility index (Phi) is 6.77. The second-order valence-corrected chi connectivity index (χ2v) is 5.79. The molecule has 0 saturated heterocycles. The van der Waals surface area contributed by atoms with E-state index in [1.165, 1.54) is 25.1 Å². The zero-order chi connectivity index (χ0) is 18.2. The topological polar surface area (TPSA) is 67.4 Å². The van der Waals surface area contributed by atoms with Gasteiger partial charge in [-0.1, -0.05) is 35.9 Å². The van der Waals surface area contributed by atoms with Crippen LogP contribution in [-0.4, -0.2) is 17.9 Å². The minimum atomic E-state index is -0.967. The number of hydrazine groups is 1. The van der Waals surface area contributed by atoms with Gasteiger partial charge in [-0.25, -0.2) is 4.39 Å². The molecule has 0 bridgehead atoms. The van der Waals surface area contributed by atoms with Gasteiger partial charge >= 0.3 is 0 Å². The first-order chi connectivity index (χ1) is 12.0. The fourth-order valence-corrected chi connectivity index (χ4v) is 2.24. The highest BCUT2D eigenvalue weighted by molar-refractivity contribution is 6.30. The predicted octanol–water partition coefficient (Wildman–Crippen LogP) is 3.03. The summed E-state index contributed by atoms with van der Waals surface area (Å²) in [4.78, 5) is 23.7. The summed E-state index contributed by atoms with van der Waals surface area (Å²) < 4.78 is 18.7. The van der Waals surface area contributed by atoms with Crippen LogP contribution >= 0.6 is 11.6 Å². The molecule has 0 aromatic heterocycles. The van der Waals surface area contributed by atoms with E-state index in [1.54, 1.807) is 24.3 Å². The van der Waals surface area contributed by atoms with Gasteiger partial charge in [0.05, 0.1) is 0 Å².